The highest BCUT2D eigenvalue weighted by Gasteiger charge is 2.21. The Balaban J connectivity index is 2.12. The molecule has 0 saturated heterocycles. The second-order valence-electron chi connectivity index (χ2n) is 5.81. The number of anilines is 1. The van der Waals surface area contributed by atoms with E-state index in [1.54, 1.807) is 37.1 Å². The van der Waals surface area contributed by atoms with Gasteiger partial charge in [-0.05, 0) is 26.1 Å². The number of nitro groups is 1. The molecule has 0 radical (unpaired) electrons. The first kappa shape index (κ1) is 19.3. The molecular weight excluding hydrogens is 341 g/mol. The number of likely N-dealkylation sites (N-methyl/N-ethyl adjacent to an activating group) is 1. The topological polar surface area (TPSA) is 84.7 Å². The van der Waals surface area contributed by atoms with Gasteiger partial charge in [-0.2, -0.15) is 0 Å². The zero-order valence-electron chi connectivity index (χ0n) is 14.7. The molecular formula is C18H20FN3O4. The minimum atomic E-state index is -0.599. The fourth-order valence-corrected chi connectivity index (χ4v) is 2.38. The van der Waals surface area contributed by atoms with Crippen LogP contribution in [-0.4, -0.2) is 35.9 Å². The van der Waals surface area contributed by atoms with Crippen molar-refractivity contribution in [3.05, 3.63) is 64.0 Å². The van der Waals surface area contributed by atoms with Gasteiger partial charge < -0.3 is 10.1 Å². The number of nitrogens with one attached hydrogen (secondary N) is 1. The van der Waals surface area contributed by atoms with E-state index >= 15 is 0 Å². The Morgan fingerprint density at radius 1 is 1.35 bits per heavy atom. The number of carbonyl (C=O) groups excluding carboxylic acids is 1. The number of benzene rings is 2. The number of hydrogen-bond donors (Lipinski definition) is 1. The SMILES string of the molecule is COc1ccc([N+](=O)[O-])cc1NC(=O)C(C)N(C)Cc1ccccc1F. The number of nitrogens with zero attached hydrogens (tertiary/aromatic N) is 2. The van der Waals surface area contributed by atoms with E-state index in [9.17, 15) is 19.3 Å². The first-order valence-corrected chi connectivity index (χ1v) is 7.90. The number of carbonyl (C=O) groups is 1. The first-order valence-electron chi connectivity index (χ1n) is 7.90. The highest BCUT2D eigenvalue weighted by atomic mass is 19.1. The van der Waals surface area contributed by atoms with E-state index in [0.717, 1.165) is 0 Å². The van der Waals surface area contributed by atoms with E-state index in [1.807, 2.05) is 0 Å². The van der Waals surface area contributed by atoms with Crippen LogP contribution < -0.4 is 10.1 Å². The quantitative estimate of drug-likeness (QED) is 0.605. The fourth-order valence-electron chi connectivity index (χ4n) is 2.38. The smallest absolute Gasteiger partial charge is 0.271 e. The second kappa shape index (κ2) is 8.39. The first-order chi connectivity index (χ1) is 12.3. The third kappa shape index (κ3) is 4.54. The van der Waals surface area contributed by atoms with Gasteiger partial charge in [0.1, 0.15) is 11.6 Å². The normalized spacial score (nSPS) is 11.9. The summed E-state index contributed by atoms with van der Waals surface area (Å²) in [5.41, 5.74) is 0.522. The molecule has 0 spiro atoms. The average molecular weight is 361 g/mol. The lowest BCUT2D eigenvalue weighted by Crippen LogP contribution is -2.39. The molecule has 0 bridgehead atoms. The molecule has 1 amide bonds. The maximum absolute atomic E-state index is 13.8. The second-order valence-corrected chi connectivity index (χ2v) is 5.81. The van der Waals surface area contributed by atoms with Gasteiger partial charge in [-0.3, -0.25) is 19.8 Å². The van der Waals surface area contributed by atoms with Crippen molar-refractivity contribution < 1.29 is 18.8 Å². The van der Waals surface area contributed by atoms with Crippen molar-refractivity contribution in [1.82, 2.24) is 4.90 Å². The molecule has 0 aliphatic rings. The summed E-state index contributed by atoms with van der Waals surface area (Å²) in [6, 6.07) is 9.69. The Hall–Kier alpha value is -3.00. The Morgan fingerprint density at radius 3 is 2.65 bits per heavy atom. The number of halogens is 1. The van der Waals surface area contributed by atoms with Crippen LogP contribution in [0.25, 0.3) is 0 Å². The lowest BCUT2D eigenvalue weighted by molar-refractivity contribution is -0.384. The molecule has 1 unspecified atom stereocenters. The molecule has 0 aromatic heterocycles. The molecule has 0 aliphatic carbocycles. The number of nitro benzene ring substituents is 1. The van der Waals surface area contributed by atoms with Crippen LogP contribution >= 0.6 is 0 Å². The fraction of sp³-hybridized carbons (Fsp3) is 0.278. The van der Waals surface area contributed by atoms with Crippen LogP contribution in [0.5, 0.6) is 5.75 Å². The number of ether oxygens (including phenoxy) is 1. The van der Waals surface area contributed by atoms with E-state index < -0.39 is 11.0 Å². The van der Waals surface area contributed by atoms with Crippen LogP contribution in [0, 0.1) is 15.9 Å². The van der Waals surface area contributed by atoms with E-state index in [2.05, 4.69) is 5.32 Å². The van der Waals surface area contributed by atoms with Gasteiger partial charge in [-0.25, -0.2) is 4.39 Å². The molecule has 0 saturated carbocycles. The van der Waals surface area contributed by atoms with Crippen molar-refractivity contribution in [3.63, 3.8) is 0 Å². The van der Waals surface area contributed by atoms with Crippen molar-refractivity contribution in [2.75, 3.05) is 19.5 Å². The zero-order valence-corrected chi connectivity index (χ0v) is 14.7. The summed E-state index contributed by atoms with van der Waals surface area (Å²) in [7, 11) is 3.10. The van der Waals surface area contributed by atoms with Gasteiger partial charge in [0, 0.05) is 24.2 Å². The van der Waals surface area contributed by atoms with Gasteiger partial charge in [-0.1, -0.05) is 18.2 Å². The molecule has 0 heterocycles. The third-order valence-electron chi connectivity index (χ3n) is 4.07. The van der Waals surface area contributed by atoms with Crippen molar-refractivity contribution in [1.29, 1.82) is 0 Å². The lowest BCUT2D eigenvalue weighted by atomic mass is 10.1. The summed E-state index contributed by atoms with van der Waals surface area (Å²) in [6.07, 6.45) is 0. The molecule has 7 nitrogen and oxygen atoms in total. The van der Waals surface area contributed by atoms with Crippen molar-refractivity contribution in [3.8, 4) is 5.75 Å². The van der Waals surface area contributed by atoms with Gasteiger partial charge in [0.2, 0.25) is 5.91 Å². The minimum absolute atomic E-state index is 0.159. The van der Waals surface area contributed by atoms with Crippen LogP contribution in [0.1, 0.15) is 12.5 Å². The van der Waals surface area contributed by atoms with Crippen LogP contribution in [0.2, 0.25) is 0 Å². The Morgan fingerprint density at radius 2 is 2.04 bits per heavy atom. The van der Waals surface area contributed by atoms with Crippen LogP contribution in [-0.2, 0) is 11.3 Å². The molecule has 138 valence electrons. The summed E-state index contributed by atoms with van der Waals surface area (Å²) in [5, 5.41) is 13.6. The van der Waals surface area contributed by atoms with E-state index in [-0.39, 0.29) is 29.6 Å². The molecule has 2 rings (SSSR count). The standard InChI is InChI=1S/C18H20FN3O4/c1-12(21(2)11-13-6-4-5-7-15(13)19)18(23)20-16-10-14(22(24)25)8-9-17(16)26-3/h4-10,12H,11H2,1-3H3,(H,20,23). The van der Waals surface area contributed by atoms with Crippen LogP contribution in [0.4, 0.5) is 15.8 Å². The lowest BCUT2D eigenvalue weighted by Gasteiger charge is -2.24. The molecule has 1 atom stereocenters. The predicted octanol–water partition coefficient (Wildman–Crippen LogP) is 3.20. The minimum Gasteiger partial charge on any atom is -0.495 e. The van der Waals surface area contributed by atoms with Gasteiger partial charge in [0.05, 0.1) is 23.8 Å². The summed E-state index contributed by atoms with van der Waals surface area (Å²) in [5.74, 6) is -0.414. The largest absolute Gasteiger partial charge is 0.495 e. The summed E-state index contributed by atoms with van der Waals surface area (Å²) in [4.78, 5) is 24.6. The molecule has 2 aromatic carbocycles. The van der Waals surface area contributed by atoms with E-state index in [4.69, 9.17) is 4.74 Å². The van der Waals surface area contributed by atoms with Gasteiger partial charge in [0.15, 0.2) is 0 Å². The number of methoxy groups -OCH3 is 1. The van der Waals surface area contributed by atoms with Crippen molar-refractivity contribution in [2.24, 2.45) is 0 Å². The summed E-state index contributed by atoms with van der Waals surface area (Å²) < 4.78 is 18.9. The summed E-state index contributed by atoms with van der Waals surface area (Å²) >= 11 is 0. The third-order valence-corrected chi connectivity index (χ3v) is 4.07. The molecule has 0 fully saturated rings. The molecule has 2 aromatic rings. The van der Waals surface area contributed by atoms with Crippen molar-refractivity contribution in [2.45, 2.75) is 19.5 Å². The Labute approximate surface area is 150 Å². The highest BCUT2D eigenvalue weighted by Crippen LogP contribution is 2.29. The van der Waals surface area contributed by atoms with E-state index in [1.165, 1.54) is 31.4 Å². The van der Waals surface area contributed by atoms with Gasteiger partial charge in [-0.15, -0.1) is 0 Å². The maximum atomic E-state index is 13.8. The van der Waals surface area contributed by atoms with Gasteiger partial charge >= 0.3 is 0 Å². The van der Waals surface area contributed by atoms with Gasteiger partial charge in [0.25, 0.3) is 5.69 Å². The van der Waals surface area contributed by atoms with Crippen molar-refractivity contribution >= 4 is 17.3 Å². The monoisotopic (exact) mass is 361 g/mol. The number of amides is 1. The maximum Gasteiger partial charge on any atom is 0.271 e. The summed E-state index contributed by atoms with van der Waals surface area (Å²) in [6.45, 7) is 1.91. The predicted molar refractivity (Wildman–Crippen MR) is 95.6 cm³/mol. The zero-order chi connectivity index (χ0) is 19.3. The molecule has 26 heavy (non-hydrogen) atoms. The number of hydrogen-bond acceptors (Lipinski definition) is 5. The number of rotatable bonds is 7. The van der Waals surface area contributed by atoms with E-state index in [0.29, 0.717) is 11.3 Å². The van der Waals surface area contributed by atoms with Crippen LogP contribution in [0.15, 0.2) is 42.5 Å². The molecule has 8 heteroatoms. The molecule has 0 aliphatic heterocycles. The number of non-ortho nitro benzene ring substituents is 1. The Bertz CT molecular complexity index is 813. The molecule has 1 N–H and O–H groups in total. The average Bonchev–Trinajstić information content (AvgIpc) is 2.62. The van der Waals surface area contributed by atoms with Crippen LogP contribution in [0.3, 0.4) is 0 Å². The Kier molecular flexibility index (Phi) is 6.24. The highest BCUT2D eigenvalue weighted by molar-refractivity contribution is 5.96.